The molecule has 0 saturated carbocycles. The van der Waals surface area contributed by atoms with Crippen molar-refractivity contribution in [2.24, 2.45) is 5.10 Å². The van der Waals surface area contributed by atoms with Gasteiger partial charge in [0.05, 0.1) is 18.2 Å². The van der Waals surface area contributed by atoms with Crippen LogP contribution in [0.1, 0.15) is 30.4 Å². The predicted octanol–water partition coefficient (Wildman–Crippen LogP) is 3.37. The number of ketones is 1. The number of fused-ring (bicyclic) bond motifs is 1. The molecule has 0 aliphatic carbocycles. The Labute approximate surface area is 195 Å². The number of hydrazone groups is 1. The van der Waals surface area contributed by atoms with Crippen molar-refractivity contribution in [3.8, 4) is 0 Å². The number of aliphatic hydroxyl groups is 1. The highest BCUT2D eigenvalue weighted by atomic mass is 19.1. The fourth-order valence-electron chi connectivity index (χ4n) is 4.99. The van der Waals surface area contributed by atoms with Gasteiger partial charge in [0.1, 0.15) is 11.6 Å². The number of benzene rings is 2. The molecule has 9 heteroatoms. The largest absolute Gasteiger partial charge is 0.503 e. The molecule has 4 rings (SSSR count). The van der Waals surface area contributed by atoms with Crippen molar-refractivity contribution < 1.29 is 28.2 Å². The van der Waals surface area contributed by atoms with Gasteiger partial charge in [-0.15, -0.1) is 0 Å². The number of allylic oxidation sites excluding steroid dienone is 1. The zero-order valence-electron chi connectivity index (χ0n) is 18.8. The molecule has 3 atom stereocenters. The van der Waals surface area contributed by atoms with E-state index in [-0.39, 0.29) is 18.3 Å². The molecule has 34 heavy (non-hydrogen) atoms. The molecule has 0 spiro atoms. The van der Waals surface area contributed by atoms with Crippen molar-refractivity contribution in [3.05, 3.63) is 82.7 Å². The lowest BCUT2D eigenvalue weighted by Crippen LogP contribution is -2.59. The Balaban J connectivity index is 1.98. The number of ether oxygens (including phenoxy) is 1. The Kier molecular flexibility index (Phi) is 6.47. The van der Waals surface area contributed by atoms with Gasteiger partial charge in [0.25, 0.3) is 5.91 Å². The van der Waals surface area contributed by atoms with Crippen LogP contribution in [0, 0.1) is 11.6 Å². The Morgan fingerprint density at radius 1 is 1.18 bits per heavy atom. The zero-order chi connectivity index (χ0) is 24.6. The molecule has 0 unspecified atom stereocenters. The van der Waals surface area contributed by atoms with Crippen molar-refractivity contribution in [2.45, 2.75) is 37.5 Å². The van der Waals surface area contributed by atoms with E-state index < -0.39 is 47.1 Å². The van der Waals surface area contributed by atoms with Crippen molar-refractivity contribution in [1.29, 1.82) is 0 Å². The number of hydrogen-bond acceptors (Lipinski definition) is 6. The quantitative estimate of drug-likeness (QED) is 0.399. The van der Waals surface area contributed by atoms with Gasteiger partial charge in [-0.2, -0.15) is 5.10 Å². The number of piperazine rings is 1. The highest BCUT2D eigenvalue weighted by Gasteiger charge is 2.53. The summed E-state index contributed by atoms with van der Waals surface area (Å²) in [5.41, 5.74) is 0.709. The molecular weight excluding hydrogens is 444 g/mol. The van der Waals surface area contributed by atoms with Crippen LogP contribution in [0.25, 0.3) is 0 Å². The Bertz CT molecular complexity index is 1120. The van der Waals surface area contributed by atoms with Crippen molar-refractivity contribution in [2.75, 3.05) is 13.7 Å². The average molecular weight is 469 g/mol. The summed E-state index contributed by atoms with van der Waals surface area (Å²) in [6.07, 6.45) is 0.122. The summed E-state index contributed by atoms with van der Waals surface area (Å²) in [5.74, 6) is -3.71. The van der Waals surface area contributed by atoms with Crippen LogP contribution < -0.4 is 0 Å². The highest BCUT2D eigenvalue weighted by Crippen LogP contribution is 2.43. The van der Waals surface area contributed by atoms with Crippen LogP contribution in [0.3, 0.4) is 0 Å². The molecule has 0 radical (unpaired) electrons. The maximum absolute atomic E-state index is 14.3. The van der Waals surface area contributed by atoms with E-state index in [0.29, 0.717) is 17.5 Å². The molecule has 7 nitrogen and oxygen atoms in total. The van der Waals surface area contributed by atoms with Crippen molar-refractivity contribution >= 4 is 18.4 Å². The minimum atomic E-state index is -0.751. The molecule has 2 saturated heterocycles. The average Bonchev–Trinajstić information content (AvgIpc) is 3.25. The molecule has 2 aromatic carbocycles. The number of nitrogens with zero attached hydrogens (tertiary/aromatic N) is 3. The molecule has 0 bridgehead atoms. The highest BCUT2D eigenvalue weighted by molar-refractivity contribution is 6.03. The maximum Gasteiger partial charge on any atom is 0.276 e. The first-order valence-corrected chi connectivity index (χ1v) is 10.8. The van der Waals surface area contributed by atoms with Gasteiger partial charge < -0.3 is 14.7 Å². The summed E-state index contributed by atoms with van der Waals surface area (Å²) in [7, 11) is 1.53. The Hall–Kier alpha value is -3.59. The maximum atomic E-state index is 14.3. The first-order chi connectivity index (χ1) is 16.3. The van der Waals surface area contributed by atoms with E-state index in [1.54, 1.807) is 24.3 Å². The second-order valence-corrected chi connectivity index (χ2v) is 8.44. The van der Waals surface area contributed by atoms with Crippen LogP contribution in [0.4, 0.5) is 8.78 Å². The van der Waals surface area contributed by atoms with E-state index in [2.05, 4.69) is 11.8 Å². The van der Waals surface area contributed by atoms with Crippen molar-refractivity contribution in [3.63, 3.8) is 0 Å². The molecule has 2 heterocycles. The van der Waals surface area contributed by atoms with Gasteiger partial charge in [-0.05, 0) is 41.8 Å². The first kappa shape index (κ1) is 23.6. The smallest absolute Gasteiger partial charge is 0.276 e. The summed E-state index contributed by atoms with van der Waals surface area (Å²) in [4.78, 5) is 27.0. The second kappa shape index (κ2) is 9.34. The standard InChI is InChI=1S/C25H25F2N3O4/c1-14(31)24(32)23-25(33)29-13-19(34-3)12-20(29)22(30(23)28-2)21(15-6-4-8-17(26)10-15)16-7-5-9-18(27)11-16/h4-11,19-22,32H,2,12-13H2,1,3H3/b24-23+/t19-,20+,22+/m0/s1. The third kappa shape index (κ3) is 4.07. The minimum Gasteiger partial charge on any atom is -0.503 e. The normalized spacial score (nSPS) is 23.8. The molecule has 1 amide bonds. The lowest BCUT2D eigenvalue weighted by atomic mass is 9.79. The lowest BCUT2D eigenvalue weighted by Gasteiger charge is -2.47. The van der Waals surface area contributed by atoms with Gasteiger partial charge in [0, 0.05) is 33.2 Å². The molecule has 2 aromatic rings. The zero-order valence-corrected chi connectivity index (χ0v) is 18.8. The summed E-state index contributed by atoms with van der Waals surface area (Å²) >= 11 is 0. The number of Topliss-reactive ketones (excluding diaryl/α,β-unsaturated/α-hetero) is 1. The molecule has 178 valence electrons. The van der Waals surface area contributed by atoms with Crippen LogP contribution in [-0.4, -0.2) is 65.3 Å². The summed E-state index contributed by atoms with van der Waals surface area (Å²) in [6.45, 7) is 4.96. The Morgan fingerprint density at radius 2 is 1.76 bits per heavy atom. The SMILES string of the molecule is C=NN1/C(=C(/O)C(C)=O)C(=O)N2C[C@@H](OC)C[C@@H]2[C@@H]1C(c1cccc(F)c1)c1cccc(F)c1. The number of hydrogen-bond donors (Lipinski definition) is 1. The number of methoxy groups -OCH3 is 1. The molecule has 2 aliphatic heterocycles. The topological polar surface area (TPSA) is 82.4 Å². The van der Waals surface area contributed by atoms with Gasteiger partial charge >= 0.3 is 0 Å². The fraction of sp³-hybridized carbons (Fsp3) is 0.320. The van der Waals surface area contributed by atoms with E-state index in [1.807, 2.05) is 0 Å². The van der Waals surface area contributed by atoms with Gasteiger partial charge in [0.2, 0.25) is 0 Å². The van der Waals surface area contributed by atoms with Crippen LogP contribution in [0.2, 0.25) is 0 Å². The molecule has 0 aromatic heterocycles. The lowest BCUT2D eigenvalue weighted by molar-refractivity contribution is -0.137. The number of rotatable bonds is 6. The van der Waals surface area contributed by atoms with Gasteiger partial charge in [0.15, 0.2) is 17.2 Å². The third-order valence-electron chi connectivity index (χ3n) is 6.47. The van der Waals surface area contributed by atoms with E-state index in [9.17, 15) is 23.5 Å². The van der Waals surface area contributed by atoms with E-state index in [4.69, 9.17) is 4.74 Å². The molecular formula is C25H25F2N3O4. The molecule has 1 N–H and O–H groups in total. The van der Waals surface area contributed by atoms with Gasteiger partial charge in [-0.3, -0.25) is 14.6 Å². The number of carbonyl (C=O) groups excluding carboxylic acids is 2. The fourth-order valence-corrected chi connectivity index (χ4v) is 4.99. The second-order valence-electron chi connectivity index (χ2n) is 8.44. The van der Waals surface area contributed by atoms with Crippen LogP contribution >= 0.6 is 0 Å². The van der Waals surface area contributed by atoms with Gasteiger partial charge in [-0.25, -0.2) is 8.78 Å². The minimum absolute atomic E-state index is 0.231. The third-order valence-corrected chi connectivity index (χ3v) is 6.47. The number of carbonyl (C=O) groups is 2. The predicted molar refractivity (Wildman–Crippen MR) is 121 cm³/mol. The summed E-state index contributed by atoms with van der Waals surface area (Å²) in [5, 5.41) is 15.8. The molecule has 2 fully saturated rings. The van der Waals surface area contributed by atoms with Crippen LogP contribution in [-0.2, 0) is 14.3 Å². The molecule has 2 aliphatic rings. The number of halogens is 2. The summed E-state index contributed by atoms with van der Waals surface area (Å²) < 4.78 is 34.2. The number of aliphatic hydroxyl groups excluding tert-OH is 1. The van der Waals surface area contributed by atoms with E-state index in [1.165, 1.54) is 41.3 Å². The summed E-state index contributed by atoms with van der Waals surface area (Å²) in [6, 6.07) is 10.6. The van der Waals surface area contributed by atoms with E-state index in [0.717, 1.165) is 6.92 Å². The van der Waals surface area contributed by atoms with Crippen molar-refractivity contribution in [1.82, 2.24) is 9.91 Å². The van der Waals surface area contributed by atoms with Gasteiger partial charge in [-0.1, -0.05) is 24.3 Å². The van der Waals surface area contributed by atoms with Crippen LogP contribution in [0.15, 0.2) is 65.1 Å². The first-order valence-electron chi connectivity index (χ1n) is 10.8. The number of amides is 1. The monoisotopic (exact) mass is 469 g/mol. The Morgan fingerprint density at radius 3 is 2.24 bits per heavy atom. The van der Waals surface area contributed by atoms with Crippen LogP contribution in [0.5, 0.6) is 0 Å². The van der Waals surface area contributed by atoms with E-state index >= 15 is 0 Å².